The number of allylic oxidation sites excluding steroid dienone is 2. The normalized spacial score (nSPS) is 10.9. The molecule has 1 aromatic heterocycles. The number of hydrogen-bond donors (Lipinski definition) is 1. The number of nitrogens with zero attached hydrogens (tertiary/aromatic N) is 1. The first-order valence-corrected chi connectivity index (χ1v) is 10.4. The molecule has 2 nitrogen and oxygen atoms in total. The highest BCUT2D eigenvalue weighted by Gasteiger charge is 2.16. The molecular weight excluding hydrogens is 339 g/mol. The maximum atomic E-state index is 3.84. The summed E-state index contributed by atoms with van der Waals surface area (Å²) in [5.41, 5.74) is 6.87. The third-order valence-corrected chi connectivity index (χ3v) is 5.06. The lowest BCUT2D eigenvalue weighted by Crippen LogP contribution is -2.04. The molecule has 3 heteroatoms. The van der Waals surface area contributed by atoms with Gasteiger partial charge in [0.2, 0.25) is 0 Å². The Kier molecular flexibility index (Phi) is 9.34. The Morgan fingerprint density at radius 2 is 1.57 bits per heavy atom. The number of aromatic amines is 1. The van der Waals surface area contributed by atoms with Gasteiger partial charge in [0, 0.05) is 17.8 Å². The number of rotatable bonds is 7. The molecule has 0 saturated carbocycles. The molecule has 3 aromatic rings. The Morgan fingerprint density at radius 1 is 0.964 bits per heavy atom. The molecule has 28 heavy (non-hydrogen) atoms. The summed E-state index contributed by atoms with van der Waals surface area (Å²) in [5, 5.41) is 0. The molecule has 1 N–H and O–H groups in total. The van der Waals surface area contributed by atoms with E-state index in [1.165, 1.54) is 40.7 Å². The topological polar surface area (TPSA) is 28.7 Å². The lowest BCUT2D eigenvalue weighted by molar-refractivity contribution is 0.811. The second-order valence-electron chi connectivity index (χ2n) is 7.19. The molecule has 146 valence electrons. The van der Waals surface area contributed by atoms with Crippen molar-refractivity contribution in [3.63, 3.8) is 0 Å². The van der Waals surface area contributed by atoms with Gasteiger partial charge in [0.05, 0.1) is 6.33 Å². The number of aromatic nitrogens is 2. The highest BCUT2D eigenvalue weighted by atomic mass is 14.8. The van der Waals surface area contributed by atoms with Crippen molar-refractivity contribution in [2.24, 2.45) is 0 Å². The largest absolute Gasteiger partial charge is 0.349 e. The molecule has 3 rings (SSSR count). The minimum atomic E-state index is 0.459. The predicted octanol–water partition coefficient (Wildman–Crippen LogP) is 5.80. The first-order chi connectivity index (χ1) is 13.7. The molecule has 0 unspecified atom stereocenters. The average molecular weight is 372 g/mol. The van der Waals surface area contributed by atoms with Crippen molar-refractivity contribution < 1.29 is 0 Å². The Bertz CT molecular complexity index is 792. The van der Waals surface area contributed by atoms with Crippen LogP contribution in [0.25, 0.3) is 0 Å². The predicted molar refractivity (Wildman–Crippen MR) is 124 cm³/mol. The second kappa shape index (κ2) is 12.0. The van der Waals surface area contributed by atoms with Crippen LogP contribution in [0.5, 0.6) is 0 Å². The molecule has 0 aliphatic heterocycles. The third-order valence-electron chi connectivity index (χ3n) is 5.06. The third kappa shape index (κ3) is 6.56. The molecule has 0 aliphatic carbocycles. The molecule has 0 fully saturated rings. The number of H-pyrrole nitrogens is 1. The van der Waals surface area contributed by atoms with Crippen molar-refractivity contribution in [3.8, 4) is 0 Å². The van der Waals surface area contributed by atoms with Crippen LogP contribution in [-0.4, -0.2) is 17.8 Å². The van der Waals surface area contributed by atoms with Crippen molar-refractivity contribution in [2.45, 2.75) is 52.3 Å². The summed E-state index contributed by atoms with van der Waals surface area (Å²) in [6, 6.07) is 17.6. The zero-order chi connectivity index (χ0) is 20.2. The van der Waals surface area contributed by atoms with E-state index in [1.54, 1.807) is 6.33 Å². The number of nitrogens with one attached hydrogen (secondary N) is 1. The minimum absolute atomic E-state index is 0.459. The molecule has 0 amide bonds. The van der Waals surface area contributed by atoms with E-state index in [0.717, 1.165) is 12.8 Å². The van der Waals surface area contributed by atoms with E-state index in [9.17, 15) is 0 Å². The minimum Gasteiger partial charge on any atom is -0.349 e. The van der Waals surface area contributed by atoms with Crippen LogP contribution in [0, 0.1) is 13.8 Å². The summed E-state index contributed by atoms with van der Waals surface area (Å²) in [6.45, 7) is 6.53. The first kappa shape index (κ1) is 21.8. The maximum Gasteiger partial charge on any atom is 0.101 e. The van der Waals surface area contributed by atoms with Crippen LogP contribution < -0.4 is 0 Å². The van der Waals surface area contributed by atoms with Crippen LogP contribution in [-0.2, 0) is 6.42 Å². The van der Waals surface area contributed by atoms with Crippen LogP contribution in [0.4, 0.5) is 0 Å². The zero-order valence-electron chi connectivity index (χ0n) is 17.8. The van der Waals surface area contributed by atoms with Crippen molar-refractivity contribution in [1.82, 2.24) is 9.97 Å². The molecule has 0 radical (unpaired) electrons. The lowest BCUT2D eigenvalue weighted by atomic mass is 9.84. The van der Waals surface area contributed by atoms with E-state index in [2.05, 4.69) is 99.3 Å². The molecule has 0 aliphatic rings. The Labute approximate surface area is 171 Å². The standard InChI is InChI=1S/C20H25B.C5H8N2/c1-16-10-5-7-12-18(16)20(14-4-3-9-15-21)19-13-8-6-11-17(19)2;1-2-5-3-6-4-7-5/h3-8,10-13,20H,9,14-15,21H2,1-2H3;3-4H,2H2,1H3,(H,6,7). The van der Waals surface area contributed by atoms with Crippen molar-refractivity contribution in [3.05, 3.63) is 101 Å². The molecule has 1 heterocycles. The quantitative estimate of drug-likeness (QED) is 0.412. The van der Waals surface area contributed by atoms with Crippen LogP contribution in [0.3, 0.4) is 0 Å². The molecule has 0 bridgehead atoms. The average Bonchev–Trinajstić information content (AvgIpc) is 3.24. The molecule has 0 saturated heterocycles. The van der Waals surface area contributed by atoms with Crippen LogP contribution >= 0.6 is 0 Å². The fraction of sp³-hybridized carbons (Fsp3) is 0.320. The van der Waals surface area contributed by atoms with E-state index < -0.39 is 0 Å². The summed E-state index contributed by atoms with van der Waals surface area (Å²) >= 11 is 0. The van der Waals surface area contributed by atoms with Gasteiger partial charge in [0.25, 0.3) is 0 Å². The van der Waals surface area contributed by atoms with Crippen molar-refractivity contribution >= 4 is 7.85 Å². The second-order valence-corrected chi connectivity index (χ2v) is 7.19. The monoisotopic (exact) mass is 372 g/mol. The number of imidazole rings is 1. The zero-order valence-corrected chi connectivity index (χ0v) is 17.8. The maximum absolute atomic E-state index is 3.84. The number of aryl methyl sites for hydroxylation is 3. The van der Waals surface area contributed by atoms with Crippen molar-refractivity contribution in [1.29, 1.82) is 0 Å². The van der Waals surface area contributed by atoms with E-state index in [0.29, 0.717) is 5.92 Å². The molecule has 0 spiro atoms. The van der Waals surface area contributed by atoms with E-state index in [4.69, 9.17) is 0 Å². The van der Waals surface area contributed by atoms with E-state index in [-0.39, 0.29) is 0 Å². The van der Waals surface area contributed by atoms with E-state index in [1.807, 2.05) is 6.20 Å². The summed E-state index contributed by atoms with van der Waals surface area (Å²) < 4.78 is 0. The van der Waals surface area contributed by atoms with Gasteiger partial charge >= 0.3 is 0 Å². The Balaban J connectivity index is 0.000000336. The van der Waals surface area contributed by atoms with Gasteiger partial charge in [-0.25, -0.2) is 4.98 Å². The summed E-state index contributed by atoms with van der Waals surface area (Å²) in [6.07, 6.45) is 12.7. The van der Waals surface area contributed by atoms with Gasteiger partial charge in [-0.1, -0.05) is 73.9 Å². The van der Waals surface area contributed by atoms with Crippen molar-refractivity contribution in [2.75, 3.05) is 0 Å². The smallest absolute Gasteiger partial charge is 0.101 e. The first-order valence-electron chi connectivity index (χ1n) is 10.4. The summed E-state index contributed by atoms with van der Waals surface area (Å²) in [4.78, 5) is 6.81. The van der Waals surface area contributed by atoms with Crippen LogP contribution in [0.1, 0.15) is 53.6 Å². The number of benzene rings is 2. The highest BCUT2D eigenvalue weighted by Crippen LogP contribution is 2.32. The van der Waals surface area contributed by atoms with Gasteiger partial charge in [0.1, 0.15) is 7.85 Å². The summed E-state index contributed by atoms with van der Waals surface area (Å²) in [5.74, 6) is 0.459. The van der Waals surface area contributed by atoms with Gasteiger partial charge in [0.15, 0.2) is 0 Å². The van der Waals surface area contributed by atoms with Crippen LogP contribution in [0.2, 0.25) is 6.32 Å². The van der Waals surface area contributed by atoms with Gasteiger partial charge in [-0.05, 0) is 55.4 Å². The van der Waals surface area contributed by atoms with Gasteiger partial charge in [-0.15, -0.1) is 0 Å². The van der Waals surface area contributed by atoms with Gasteiger partial charge in [-0.3, -0.25) is 0 Å². The molecule has 0 atom stereocenters. The van der Waals surface area contributed by atoms with Gasteiger partial charge in [-0.2, -0.15) is 0 Å². The Hall–Kier alpha value is -2.55. The van der Waals surface area contributed by atoms with E-state index >= 15 is 0 Å². The lowest BCUT2D eigenvalue weighted by Gasteiger charge is -2.20. The Morgan fingerprint density at radius 3 is 2.00 bits per heavy atom. The number of hydrogen-bond acceptors (Lipinski definition) is 1. The molecule has 2 aromatic carbocycles. The fourth-order valence-electron chi connectivity index (χ4n) is 3.37. The summed E-state index contributed by atoms with van der Waals surface area (Å²) in [7, 11) is 2.23. The van der Waals surface area contributed by atoms with Crippen LogP contribution in [0.15, 0.2) is 73.2 Å². The van der Waals surface area contributed by atoms with Gasteiger partial charge < -0.3 is 4.98 Å². The highest BCUT2D eigenvalue weighted by molar-refractivity contribution is 6.08. The fourth-order valence-corrected chi connectivity index (χ4v) is 3.37. The SMILES string of the molecule is BCCC=CCC(c1ccccc1C)c1ccccc1C.CCc1cnc[nH]1. The molecular formula is C25H33BN2.